The normalized spacial score (nSPS) is 11.3. The molecule has 3 rings (SSSR count). The summed E-state index contributed by atoms with van der Waals surface area (Å²) in [6.07, 6.45) is 1.75. The van der Waals surface area contributed by atoms with Crippen LogP contribution in [-0.4, -0.2) is 21.1 Å². The molecule has 0 saturated heterocycles. The zero-order valence-corrected chi connectivity index (χ0v) is 13.6. The zero-order chi connectivity index (χ0) is 16.4. The fourth-order valence-corrected chi connectivity index (χ4v) is 2.38. The Morgan fingerprint density at radius 1 is 1.17 bits per heavy atom. The van der Waals surface area contributed by atoms with Gasteiger partial charge in [-0.05, 0) is 61.5 Å². The zero-order valence-electron chi connectivity index (χ0n) is 12.7. The van der Waals surface area contributed by atoms with Crippen molar-refractivity contribution in [1.29, 1.82) is 0 Å². The molecule has 0 aliphatic carbocycles. The number of halogens is 1. The third-order valence-corrected chi connectivity index (χ3v) is 3.76. The van der Waals surface area contributed by atoms with Gasteiger partial charge in [0.1, 0.15) is 5.82 Å². The van der Waals surface area contributed by atoms with E-state index in [-0.39, 0.29) is 5.82 Å². The molecule has 6 heteroatoms. The summed E-state index contributed by atoms with van der Waals surface area (Å²) in [7, 11) is 0. The van der Waals surface area contributed by atoms with Gasteiger partial charge in [0, 0.05) is 5.56 Å². The fourth-order valence-electron chi connectivity index (χ4n) is 2.20. The largest absolute Gasteiger partial charge is 0.250 e. The van der Waals surface area contributed by atoms with Crippen LogP contribution in [-0.2, 0) is 0 Å². The number of nitrogens with zero attached hydrogens (tertiary/aromatic N) is 3. The van der Waals surface area contributed by atoms with Crippen molar-refractivity contribution >= 4 is 18.4 Å². The van der Waals surface area contributed by atoms with Crippen LogP contribution in [0, 0.1) is 24.4 Å². The van der Waals surface area contributed by atoms with Gasteiger partial charge in [-0.15, -0.1) is 0 Å². The van der Waals surface area contributed by atoms with Crippen LogP contribution in [0.3, 0.4) is 0 Å². The van der Waals surface area contributed by atoms with Gasteiger partial charge in [0.25, 0.3) is 0 Å². The molecule has 0 saturated carbocycles. The Labute approximate surface area is 138 Å². The molecule has 0 spiro atoms. The number of aromatic amines is 1. The van der Waals surface area contributed by atoms with Crippen molar-refractivity contribution in [2.75, 3.05) is 0 Å². The number of benzene rings is 2. The monoisotopic (exact) mass is 326 g/mol. The lowest BCUT2D eigenvalue weighted by Crippen LogP contribution is -1.96. The van der Waals surface area contributed by atoms with E-state index in [0.29, 0.717) is 10.6 Å². The van der Waals surface area contributed by atoms with Crippen molar-refractivity contribution in [3.05, 3.63) is 69.7 Å². The molecule has 0 radical (unpaired) electrons. The average molecular weight is 326 g/mol. The Morgan fingerprint density at radius 3 is 2.65 bits per heavy atom. The summed E-state index contributed by atoms with van der Waals surface area (Å²) >= 11 is 5.23. The molecule has 0 aliphatic heterocycles. The van der Waals surface area contributed by atoms with Crippen molar-refractivity contribution in [3.8, 4) is 11.4 Å². The highest BCUT2D eigenvalue weighted by molar-refractivity contribution is 7.71. The molecule has 0 atom stereocenters. The van der Waals surface area contributed by atoms with Crippen LogP contribution in [0.5, 0.6) is 0 Å². The molecule has 4 nitrogen and oxygen atoms in total. The molecule has 2 aromatic carbocycles. The van der Waals surface area contributed by atoms with Crippen molar-refractivity contribution in [1.82, 2.24) is 14.9 Å². The lowest BCUT2D eigenvalue weighted by Gasteiger charge is -2.03. The average Bonchev–Trinajstić information content (AvgIpc) is 2.90. The van der Waals surface area contributed by atoms with Gasteiger partial charge in [-0.1, -0.05) is 23.8 Å². The molecule has 0 amide bonds. The van der Waals surface area contributed by atoms with Gasteiger partial charge < -0.3 is 0 Å². The van der Waals surface area contributed by atoms with Crippen LogP contribution in [0.1, 0.15) is 16.7 Å². The first kappa shape index (κ1) is 15.3. The van der Waals surface area contributed by atoms with E-state index in [0.717, 1.165) is 22.3 Å². The highest BCUT2D eigenvalue weighted by atomic mass is 32.1. The maximum absolute atomic E-state index is 13.1. The molecule has 116 valence electrons. The summed E-state index contributed by atoms with van der Waals surface area (Å²) in [5, 5.41) is 11.3. The second-order valence-electron chi connectivity index (χ2n) is 5.28. The Balaban J connectivity index is 2.02. The minimum absolute atomic E-state index is 0.298. The Morgan fingerprint density at radius 2 is 1.91 bits per heavy atom. The van der Waals surface area contributed by atoms with Crippen LogP contribution in [0.2, 0.25) is 0 Å². The molecule has 0 fully saturated rings. The summed E-state index contributed by atoms with van der Waals surface area (Å²) in [5.41, 5.74) is 4.03. The van der Waals surface area contributed by atoms with Crippen LogP contribution in [0.15, 0.2) is 47.6 Å². The molecular weight excluding hydrogens is 311 g/mol. The van der Waals surface area contributed by atoms with Crippen LogP contribution in [0.4, 0.5) is 4.39 Å². The first-order valence-corrected chi connectivity index (χ1v) is 7.50. The molecule has 0 bridgehead atoms. The number of rotatable bonds is 3. The molecule has 0 aliphatic rings. The quantitative estimate of drug-likeness (QED) is 0.578. The van der Waals surface area contributed by atoms with Crippen molar-refractivity contribution in [3.63, 3.8) is 0 Å². The number of nitrogens with one attached hydrogen (secondary N) is 1. The molecule has 23 heavy (non-hydrogen) atoms. The van der Waals surface area contributed by atoms with Gasteiger partial charge in [0.05, 0.1) is 6.21 Å². The van der Waals surface area contributed by atoms with E-state index in [1.54, 1.807) is 18.3 Å². The van der Waals surface area contributed by atoms with E-state index in [9.17, 15) is 4.39 Å². The van der Waals surface area contributed by atoms with Gasteiger partial charge in [-0.2, -0.15) is 14.9 Å². The number of hydrogen-bond donors (Lipinski definition) is 1. The molecule has 1 heterocycles. The lowest BCUT2D eigenvalue weighted by atomic mass is 10.1. The third-order valence-electron chi connectivity index (χ3n) is 3.50. The predicted molar refractivity (Wildman–Crippen MR) is 91.7 cm³/mol. The standard InChI is InChI=1S/C17H15FN4S/c1-11-3-4-12(2)14(9-11)10-19-22-16(20-21-17(22)23)13-5-7-15(18)8-6-13/h3-10H,1-2H3,(H,21,23)/b19-10-. The Bertz CT molecular complexity index is 923. The summed E-state index contributed by atoms with van der Waals surface area (Å²) in [5.74, 6) is 0.241. The highest BCUT2D eigenvalue weighted by Crippen LogP contribution is 2.18. The summed E-state index contributed by atoms with van der Waals surface area (Å²) < 4.78 is 15.0. The number of aromatic nitrogens is 3. The maximum Gasteiger partial charge on any atom is 0.216 e. The van der Waals surface area contributed by atoms with Crippen molar-refractivity contribution in [2.24, 2.45) is 5.10 Å². The van der Waals surface area contributed by atoms with Crippen LogP contribution < -0.4 is 0 Å². The lowest BCUT2D eigenvalue weighted by molar-refractivity contribution is 0.628. The van der Waals surface area contributed by atoms with E-state index in [2.05, 4.69) is 27.4 Å². The first-order chi connectivity index (χ1) is 11.0. The van der Waals surface area contributed by atoms with E-state index in [1.165, 1.54) is 16.8 Å². The molecule has 3 aromatic rings. The second kappa shape index (κ2) is 6.26. The highest BCUT2D eigenvalue weighted by Gasteiger charge is 2.08. The van der Waals surface area contributed by atoms with Crippen molar-refractivity contribution < 1.29 is 4.39 Å². The number of aryl methyl sites for hydroxylation is 2. The number of hydrogen-bond acceptors (Lipinski definition) is 3. The summed E-state index contributed by atoms with van der Waals surface area (Å²) in [4.78, 5) is 0. The van der Waals surface area contributed by atoms with Gasteiger partial charge in [0.2, 0.25) is 4.77 Å². The number of H-pyrrole nitrogens is 1. The predicted octanol–water partition coefficient (Wildman–Crippen LogP) is 4.25. The smallest absolute Gasteiger partial charge is 0.216 e. The van der Waals surface area contributed by atoms with E-state index in [4.69, 9.17) is 12.2 Å². The SMILES string of the molecule is Cc1ccc(C)c(/C=N\n2c(-c3ccc(F)cc3)n[nH]c2=S)c1. The minimum Gasteiger partial charge on any atom is -0.250 e. The van der Waals surface area contributed by atoms with E-state index in [1.807, 2.05) is 19.9 Å². The van der Waals surface area contributed by atoms with Crippen molar-refractivity contribution in [2.45, 2.75) is 13.8 Å². The Kier molecular flexibility index (Phi) is 4.16. The maximum atomic E-state index is 13.1. The summed E-state index contributed by atoms with van der Waals surface area (Å²) in [6.45, 7) is 4.06. The second-order valence-corrected chi connectivity index (χ2v) is 5.66. The van der Waals surface area contributed by atoms with Crippen LogP contribution >= 0.6 is 12.2 Å². The molecule has 0 unspecified atom stereocenters. The molecule has 1 aromatic heterocycles. The van der Waals surface area contributed by atoms with Gasteiger partial charge in [0.15, 0.2) is 5.82 Å². The summed E-state index contributed by atoms with van der Waals surface area (Å²) in [6, 6.07) is 12.2. The Hall–Kier alpha value is -2.60. The van der Waals surface area contributed by atoms with Gasteiger partial charge >= 0.3 is 0 Å². The molecular formula is C17H15FN4S. The van der Waals surface area contributed by atoms with Gasteiger partial charge in [-0.3, -0.25) is 0 Å². The van der Waals surface area contributed by atoms with Gasteiger partial charge in [-0.25, -0.2) is 9.49 Å². The van der Waals surface area contributed by atoms with E-state index < -0.39 is 0 Å². The first-order valence-electron chi connectivity index (χ1n) is 7.09. The minimum atomic E-state index is -0.298. The van der Waals surface area contributed by atoms with Crippen LogP contribution in [0.25, 0.3) is 11.4 Å². The van der Waals surface area contributed by atoms with E-state index >= 15 is 0 Å². The topological polar surface area (TPSA) is 46.0 Å². The third kappa shape index (κ3) is 3.27. The molecule has 1 N–H and O–H groups in total. The fraction of sp³-hybridized carbons (Fsp3) is 0.118.